The van der Waals surface area contributed by atoms with Crippen LogP contribution in [-0.2, 0) is 33.6 Å². The monoisotopic (exact) mass is 761 g/mol. The molecule has 2 heterocycles. The number of primary amides is 1. The molecule has 6 amide bonds. The molecule has 0 spiro atoms. The van der Waals surface area contributed by atoms with Gasteiger partial charge in [-0.05, 0) is 32.6 Å². The highest BCUT2D eigenvalue weighted by Gasteiger charge is 2.29. The Kier molecular flexibility index (Phi) is 18.5. The minimum atomic E-state index is -1.01. The Balaban J connectivity index is 1.68. The van der Waals surface area contributed by atoms with Crippen LogP contribution in [0.1, 0.15) is 39.0 Å². The summed E-state index contributed by atoms with van der Waals surface area (Å²) in [7, 11) is 0. The van der Waals surface area contributed by atoms with Crippen molar-refractivity contribution in [1.82, 2.24) is 52.8 Å². The van der Waals surface area contributed by atoms with E-state index in [1.54, 1.807) is 0 Å². The zero-order chi connectivity index (χ0) is 40.4. The summed E-state index contributed by atoms with van der Waals surface area (Å²) in [5.74, 6) is -4.46. The molecule has 5 atom stereocenters. The van der Waals surface area contributed by atoms with Gasteiger partial charge in [0.1, 0.15) is 12.6 Å². The largest absolute Gasteiger partial charge is 0.480 e. The van der Waals surface area contributed by atoms with E-state index in [0.717, 1.165) is 12.8 Å². The van der Waals surface area contributed by atoms with Crippen molar-refractivity contribution in [3.05, 3.63) is 49.1 Å². The number of carbonyl (C=O) groups excluding carboxylic acids is 6. The number of aliphatic hydroxyl groups excluding tert-OH is 1. The van der Waals surface area contributed by atoms with Crippen molar-refractivity contribution in [2.24, 2.45) is 5.73 Å². The molecule has 54 heavy (non-hydrogen) atoms. The van der Waals surface area contributed by atoms with Gasteiger partial charge in [-0.15, -0.1) is 0 Å². The maximum Gasteiger partial charge on any atom is 0.322 e. The van der Waals surface area contributed by atoms with E-state index in [-0.39, 0.29) is 56.8 Å². The van der Waals surface area contributed by atoms with Gasteiger partial charge in [-0.2, -0.15) is 0 Å². The van der Waals surface area contributed by atoms with Crippen LogP contribution in [0.5, 0.6) is 0 Å². The van der Waals surface area contributed by atoms with Gasteiger partial charge in [0, 0.05) is 48.3 Å². The number of likely N-dealkylation sites (tertiary alicyclic amines) is 1. The van der Waals surface area contributed by atoms with Crippen LogP contribution in [0, 0.1) is 0 Å². The molecule has 0 saturated carbocycles. The van der Waals surface area contributed by atoms with Gasteiger partial charge in [0.2, 0.25) is 35.4 Å². The Morgan fingerprint density at radius 3 is 2.00 bits per heavy atom. The number of β-amino-alcohol motifs (C(OH)–C–C–N with tert-alkyl or cyclic N) is 1. The number of hydrogen-bond donors (Lipinski definition) is 12. The molecule has 13 N–H and O–H groups in total. The van der Waals surface area contributed by atoms with Crippen LogP contribution >= 0.6 is 0 Å². The molecule has 0 aromatic rings. The third-order valence-electron chi connectivity index (χ3n) is 8.57. The molecule has 2 aliphatic rings. The molecule has 0 aromatic heterocycles. The van der Waals surface area contributed by atoms with Crippen LogP contribution in [-0.4, -0.2) is 139 Å². The Labute approximate surface area is 314 Å². The van der Waals surface area contributed by atoms with Crippen LogP contribution in [0.15, 0.2) is 49.1 Å². The van der Waals surface area contributed by atoms with E-state index in [4.69, 9.17) is 10.8 Å². The fourth-order valence-electron chi connectivity index (χ4n) is 5.58. The second kappa shape index (κ2) is 22.4. The molecule has 20 nitrogen and oxygen atoms in total. The van der Waals surface area contributed by atoms with Crippen LogP contribution in [0.2, 0.25) is 0 Å². The first-order valence-electron chi connectivity index (χ1n) is 17.5. The second-order valence-electron chi connectivity index (χ2n) is 13.0. The smallest absolute Gasteiger partial charge is 0.322 e. The molecule has 2 aliphatic heterocycles. The minimum Gasteiger partial charge on any atom is -0.480 e. The number of carboxylic acid groups (broad SMARTS) is 1. The maximum absolute atomic E-state index is 12.6. The summed E-state index contributed by atoms with van der Waals surface area (Å²) in [6.07, 6.45) is 1.59. The number of nitrogens with zero attached hydrogens (tertiary/aromatic N) is 1. The lowest BCUT2D eigenvalue weighted by atomic mass is 10.1. The van der Waals surface area contributed by atoms with E-state index < -0.39 is 72.7 Å². The van der Waals surface area contributed by atoms with Crippen molar-refractivity contribution in [2.45, 2.75) is 69.3 Å². The highest BCUT2D eigenvalue weighted by molar-refractivity contribution is 5.91. The summed E-state index contributed by atoms with van der Waals surface area (Å²) in [5.41, 5.74) is 7.17. The number of rotatable bonds is 25. The molecular weight excluding hydrogens is 706 g/mol. The van der Waals surface area contributed by atoms with E-state index in [0.29, 0.717) is 36.6 Å². The number of aliphatic hydroxyl groups is 1. The summed E-state index contributed by atoms with van der Waals surface area (Å²) in [5, 5.41) is 42.7. The molecule has 2 saturated heterocycles. The number of hydrogen-bond acceptors (Lipinski definition) is 13. The van der Waals surface area contributed by atoms with Crippen LogP contribution < -0.4 is 53.6 Å². The van der Waals surface area contributed by atoms with Gasteiger partial charge in [0.05, 0.1) is 50.9 Å². The average Bonchev–Trinajstić information content (AvgIpc) is 3.80. The number of nitrogens with one attached hydrogen (secondary N) is 9. The summed E-state index contributed by atoms with van der Waals surface area (Å²) >= 11 is 0. The van der Waals surface area contributed by atoms with Gasteiger partial charge in [-0.1, -0.05) is 26.3 Å². The SMILES string of the molecule is C=C(NCC(=O)NC(CCC(N)=O)C(=C)NCC(=O)NCC(=O)NCC(=O)NC(C)C(=O)NCC(=C)N1CCCC1C(=C)NCC(=O)O)C1CC(O)CN1. The highest BCUT2D eigenvalue weighted by atomic mass is 16.4. The topological polar surface area (TPSA) is 297 Å². The summed E-state index contributed by atoms with van der Waals surface area (Å²) in [6.45, 7) is 16.7. The Morgan fingerprint density at radius 1 is 0.796 bits per heavy atom. The summed E-state index contributed by atoms with van der Waals surface area (Å²) in [6, 6.07) is -2.06. The second-order valence-corrected chi connectivity index (χ2v) is 13.0. The number of carbonyl (C=O) groups is 7. The zero-order valence-corrected chi connectivity index (χ0v) is 30.7. The maximum atomic E-state index is 12.6. The van der Waals surface area contributed by atoms with Crippen molar-refractivity contribution in [3.63, 3.8) is 0 Å². The molecule has 2 fully saturated rings. The third-order valence-corrected chi connectivity index (χ3v) is 8.57. The molecule has 20 heteroatoms. The average molecular weight is 762 g/mol. The van der Waals surface area contributed by atoms with Gasteiger partial charge in [-0.25, -0.2) is 0 Å². The lowest BCUT2D eigenvalue weighted by molar-refractivity contribution is -0.136. The first-order valence-corrected chi connectivity index (χ1v) is 17.5. The van der Waals surface area contributed by atoms with E-state index in [1.807, 2.05) is 4.90 Å². The van der Waals surface area contributed by atoms with Gasteiger partial charge in [0.15, 0.2) is 0 Å². The van der Waals surface area contributed by atoms with Gasteiger partial charge in [-0.3, -0.25) is 33.6 Å². The molecule has 5 unspecified atom stereocenters. The lowest BCUT2D eigenvalue weighted by Gasteiger charge is -2.30. The highest BCUT2D eigenvalue weighted by Crippen LogP contribution is 2.25. The van der Waals surface area contributed by atoms with E-state index in [2.05, 4.69) is 74.2 Å². The molecule has 300 valence electrons. The number of nitrogens with two attached hydrogens (primary N) is 1. The van der Waals surface area contributed by atoms with Crippen molar-refractivity contribution < 1.29 is 43.8 Å². The van der Waals surface area contributed by atoms with Crippen LogP contribution in [0.3, 0.4) is 0 Å². The standard InChI is InChI=1S/C34H55N11O9/c1-19(45-10-6-7-27(45)22(4)38-18-33(52)53)12-42-34(54)23(5)43-31(50)17-41-30(49)15-40-29(48)14-36-20(2)25(8-9-28(35)47)44-32(51)16-37-21(3)26-11-24(46)13-39-26/h23-27,36-39,46H,1-4,6-18H2,5H3,(H2,35,47)(H,40,48)(H,41,49)(H,42,54)(H,43,50)(H,44,51)(H,52,53). The van der Waals surface area contributed by atoms with Gasteiger partial charge >= 0.3 is 5.97 Å². The van der Waals surface area contributed by atoms with E-state index in [9.17, 15) is 38.7 Å². The molecule has 0 radical (unpaired) electrons. The normalized spacial score (nSPS) is 18.6. The number of carboxylic acids is 1. The van der Waals surface area contributed by atoms with Gasteiger partial charge in [0.25, 0.3) is 0 Å². The minimum absolute atomic E-state index is 0.0678. The van der Waals surface area contributed by atoms with Gasteiger partial charge < -0.3 is 68.7 Å². The molecule has 0 bridgehead atoms. The molecule has 0 aromatic carbocycles. The Morgan fingerprint density at radius 2 is 1.39 bits per heavy atom. The zero-order valence-electron chi connectivity index (χ0n) is 30.7. The lowest BCUT2D eigenvalue weighted by Crippen LogP contribution is -2.50. The number of aliphatic carboxylic acids is 1. The van der Waals surface area contributed by atoms with E-state index >= 15 is 0 Å². The summed E-state index contributed by atoms with van der Waals surface area (Å²) in [4.78, 5) is 86.4. The predicted molar refractivity (Wildman–Crippen MR) is 197 cm³/mol. The summed E-state index contributed by atoms with van der Waals surface area (Å²) < 4.78 is 0. The van der Waals surface area contributed by atoms with Crippen molar-refractivity contribution in [2.75, 3.05) is 52.4 Å². The molecule has 2 rings (SSSR count). The first-order chi connectivity index (χ1) is 25.5. The Hall–Kier alpha value is -5.63. The predicted octanol–water partition coefficient (Wildman–Crippen LogP) is -4.31. The first kappa shape index (κ1) is 44.5. The number of amides is 6. The van der Waals surface area contributed by atoms with E-state index in [1.165, 1.54) is 6.92 Å². The fourth-order valence-corrected chi connectivity index (χ4v) is 5.58. The van der Waals surface area contributed by atoms with Crippen LogP contribution in [0.4, 0.5) is 0 Å². The third kappa shape index (κ3) is 16.4. The fraction of sp³-hybridized carbons (Fsp3) is 0.559. The molecule has 0 aliphatic carbocycles. The quantitative estimate of drug-likeness (QED) is 0.0419. The van der Waals surface area contributed by atoms with Crippen LogP contribution in [0.25, 0.3) is 0 Å². The Bertz CT molecular complexity index is 1450. The van der Waals surface area contributed by atoms with Crippen molar-refractivity contribution >= 4 is 41.4 Å². The molecular formula is C34H55N11O9. The van der Waals surface area contributed by atoms with Crippen molar-refractivity contribution in [1.29, 1.82) is 0 Å². The van der Waals surface area contributed by atoms with Crippen molar-refractivity contribution in [3.8, 4) is 0 Å².